The van der Waals surface area contributed by atoms with Crippen molar-refractivity contribution in [3.8, 4) is 0 Å². The molecule has 3 heteroatoms. The maximum atomic E-state index is 5.94. The second-order valence-electron chi connectivity index (χ2n) is 4.51. The van der Waals surface area contributed by atoms with Crippen LogP contribution in [0, 0.1) is 0 Å². The van der Waals surface area contributed by atoms with Crippen molar-refractivity contribution in [2.75, 3.05) is 25.4 Å². The lowest BCUT2D eigenvalue weighted by Crippen LogP contribution is -2.47. The number of thioether (sulfide) groups is 1. The first-order chi connectivity index (χ1) is 6.03. The Morgan fingerprint density at radius 1 is 1.54 bits per heavy atom. The lowest BCUT2D eigenvalue weighted by atomic mass is 10.1. The Kier molecular flexibility index (Phi) is 4.07. The average Bonchev–Trinajstić information content (AvgIpc) is 2.02. The summed E-state index contributed by atoms with van der Waals surface area (Å²) in [5.74, 6) is 1.25. The van der Waals surface area contributed by atoms with E-state index in [-0.39, 0.29) is 0 Å². The molecular weight excluding hydrogens is 180 g/mol. The maximum absolute atomic E-state index is 5.94. The molecule has 2 nitrogen and oxygen atoms in total. The smallest absolute Gasteiger partial charge is 0.0231 e. The molecule has 2 N–H and O–H groups in total. The summed E-state index contributed by atoms with van der Waals surface area (Å²) in [7, 11) is 0. The summed E-state index contributed by atoms with van der Waals surface area (Å²) >= 11 is 2.08. The molecule has 1 atom stereocenters. The van der Waals surface area contributed by atoms with Crippen LogP contribution in [-0.2, 0) is 0 Å². The molecule has 0 aromatic carbocycles. The molecule has 0 unspecified atom stereocenters. The van der Waals surface area contributed by atoms with Crippen LogP contribution in [0.25, 0.3) is 0 Å². The second kappa shape index (κ2) is 4.67. The second-order valence-corrected chi connectivity index (χ2v) is 6.31. The highest BCUT2D eigenvalue weighted by atomic mass is 32.2. The van der Waals surface area contributed by atoms with Gasteiger partial charge in [-0.1, -0.05) is 6.92 Å². The van der Waals surface area contributed by atoms with Gasteiger partial charge in [0.1, 0.15) is 0 Å². The summed E-state index contributed by atoms with van der Waals surface area (Å²) in [6.45, 7) is 10.3. The Balaban J connectivity index is 2.34. The van der Waals surface area contributed by atoms with E-state index in [0.29, 0.717) is 10.8 Å². The average molecular weight is 202 g/mol. The predicted molar refractivity (Wildman–Crippen MR) is 61.2 cm³/mol. The molecular formula is C10H22N2S. The van der Waals surface area contributed by atoms with E-state index >= 15 is 0 Å². The molecule has 0 spiro atoms. The van der Waals surface area contributed by atoms with E-state index in [1.807, 2.05) is 0 Å². The molecule has 0 saturated carbocycles. The van der Waals surface area contributed by atoms with Crippen molar-refractivity contribution < 1.29 is 0 Å². The van der Waals surface area contributed by atoms with Gasteiger partial charge in [0.25, 0.3) is 0 Å². The van der Waals surface area contributed by atoms with Crippen molar-refractivity contribution in [2.45, 2.75) is 38.0 Å². The first kappa shape index (κ1) is 11.3. The standard InChI is InChI=1S/C10H22N2S/c1-4-9(11)7-12-5-6-13-10(2,3)8-12/h9H,4-8,11H2,1-3H3/t9-/m1/s1. The van der Waals surface area contributed by atoms with Crippen LogP contribution in [0.5, 0.6) is 0 Å². The Bertz CT molecular complexity index is 159. The number of nitrogens with two attached hydrogens (primary N) is 1. The van der Waals surface area contributed by atoms with Gasteiger partial charge in [0.2, 0.25) is 0 Å². The van der Waals surface area contributed by atoms with E-state index in [0.717, 1.165) is 13.0 Å². The van der Waals surface area contributed by atoms with E-state index in [9.17, 15) is 0 Å². The minimum atomic E-state index is 0.360. The van der Waals surface area contributed by atoms with Crippen molar-refractivity contribution >= 4 is 11.8 Å². The van der Waals surface area contributed by atoms with E-state index in [1.54, 1.807) is 0 Å². The monoisotopic (exact) mass is 202 g/mol. The first-order valence-electron chi connectivity index (χ1n) is 5.15. The fourth-order valence-corrected chi connectivity index (χ4v) is 2.91. The maximum Gasteiger partial charge on any atom is 0.0231 e. The molecule has 13 heavy (non-hydrogen) atoms. The van der Waals surface area contributed by atoms with Gasteiger partial charge in [-0.25, -0.2) is 0 Å². The zero-order valence-electron chi connectivity index (χ0n) is 9.05. The third kappa shape index (κ3) is 3.88. The highest BCUT2D eigenvalue weighted by molar-refractivity contribution is 8.00. The zero-order valence-corrected chi connectivity index (χ0v) is 9.86. The Hall–Kier alpha value is 0.270. The zero-order chi connectivity index (χ0) is 9.90. The van der Waals surface area contributed by atoms with E-state index in [4.69, 9.17) is 5.73 Å². The van der Waals surface area contributed by atoms with Crippen LogP contribution in [0.3, 0.4) is 0 Å². The molecule has 1 fully saturated rings. The molecule has 1 rings (SSSR count). The molecule has 1 aliphatic heterocycles. The SMILES string of the molecule is CC[C@@H](N)CN1CCSC(C)(C)C1. The molecule has 1 saturated heterocycles. The molecule has 0 amide bonds. The molecule has 0 radical (unpaired) electrons. The summed E-state index contributed by atoms with van der Waals surface area (Å²) in [4.78, 5) is 2.50. The quantitative estimate of drug-likeness (QED) is 0.753. The molecule has 78 valence electrons. The van der Waals surface area contributed by atoms with Crippen LogP contribution in [-0.4, -0.2) is 41.1 Å². The lowest BCUT2D eigenvalue weighted by molar-refractivity contribution is 0.243. The molecule has 0 aliphatic carbocycles. The molecule has 0 aromatic rings. The van der Waals surface area contributed by atoms with Crippen LogP contribution < -0.4 is 5.73 Å². The normalized spacial score (nSPS) is 25.8. The third-order valence-corrected chi connectivity index (χ3v) is 3.82. The van der Waals surface area contributed by atoms with Gasteiger partial charge in [0, 0.05) is 36.2 Å². The van der Waals surface area contributed by atoms with Gasteiger partial charge in [-0.05, 0) is 20.3 Å². The fraction of sp³-hybridized carbons (Fsp3) is 1.00. The number of rotatable bonds is 3. The molecule has 1 aliphatic rings. The molecule has 1 heterocycles. The summed E-state index contributed by atoms with van der Waals surface area (Å²) in [6, 6.07) is 0.360. The van der Waals surface area contributed by atoms with Gasteiger partial charge < -0.3 is 5.73 Å². The minimum Gasteiger partial charge on any atom is -0.327 e. The highest BCUT2D eigenvalue weighted by Gasteiger charge is 2.27. The van der Waals surface area contributed by atoms with E-state index < -0.39 is 0 Å². The van der Waals surface area contributed by atoms with Crippen molar-refractivity contribution in [3.05, 3.63) is 0 Å². The van der Waals surface area contributed by atoms with E-state index in [2.05, 4.69) is 37.4 Å². The van der Waals surface area contributed by atoms with Gasteiger partial charge in [0.05, 0.1) is 0 Å². The topological polar surface area (TPSA) is 29.3 Å². The predicted octanol–water partition coefficient (Wildman–Crippen LogP) is 1.55. The van der Waals surface area contributed by atoms with Crippen molar-refractivity contribution in [3.63, 3.8) is 0 Å². The van der Waals surface area contributed by atoms with Crippen molar-refractivity contribution in [2.24, 2.45) is 5.73 Å². The van der Waals surface area contributed by atoms with Crippen LogP contribution in [0.15, 0.2) is 0 Å². The summed E-state index contributed by atoms with van der Waals surface area (Å²) in [5, 5.41) is 0. The minimum absolute atomic E-state index is 0.360. The van der Waals surface area contributed by atoms with Crippen LogP contribution in [0.1, 0.15) is 27.2 Å². The lowest BCUT2D eigenvalue weighted by Gasteiger charge is -2.38. The van der Waals surface area contributed by atoms with E-state index in [1.165, 1.54) is 18.8 Å². The fourth-order valence-electron chi connectivity index (χ4n) is 1.73. The Labute approximate surface area is 86.2 Å². The van der Waals surface area contributed by atoms with Gasteiger partial charge in [-0.15, -0.1) is 0 Å². The highest BCUT2D eigenvalue weighted by Crippen LogP contribution is 2.29. The summed E-state index contributed by atoms with van der Waals surface area (Å²) < 4.78 is 0.422. The Morgan fingerprint density at radius 3 is 2.77 bits per heavy atom. The Morgan fingerprint density at radius 2 is 2.23 bits per heavy atom. The van der Waals surface area contributed by atoms with Crippen LogP contribution in [0.2, 0.25) is 0 Å². The van der Waals surface area contributed by atoms with Crippen molar-refractivity contribution in [1.82, 2.24) is 4.90 Å². The number of hydrogen-bond acceptors (Lipinski definition) is 3. The van der Waals surface area contributed by atoms with Crippen LogP contribution in [0.4, 0.5) is 0 Å². The third-order valence-electron chi connectivity index (χ3n) is 2.52. The number of nitrogens with zero attached hydrogens (tertiary/aromatic N) is 1. The first-order valence-corrected chi connectivity index (χ1v) is 6.14. The number of hydrogen-bond donors (Lipinski definition) is 1. The van der Waals surface area contributed by atoms with Gasteiger partial charge in [-0.3, -0.25) is 4.90 Å². The summed E-state index contributed by atoms with van der Waals surface area (Å²) in [5.41, 5.74) is 5.94. The van der Waals surface area contributed by atoms with Gasteiger partial charge in [0.15, 0.2) is 0 Å². The van der Waals surface area contributed by atoms with Gasteiger partial charge >= 0.3 is 0 Å². The molecule has 0 aromatic heterocycles. The summed E-state index contributed by atoms with van der Waals surface area (Å²) in [6.07, 6.45) is 1.09. The van der Waals surface area contributed by atoms with Crippen molar-refractivity contribution in [1.29, 1.82) is 0 Å². The largest absolute Gasteiger partial charge is 0.327 e. The van der Waals surface area contributed by atoms with Gasteiger partial charge in [-0.2, -0.15) is 11.8 Å². The molecule has 0 bridgehead atoms. The van der Waals surface area contributed by atoms with Crippen LogP contribution >= 0.6 is 11.8 Å².